The van der Waals surface area contributed by atoms with Crippen LogP contribution >= 0.6 is 0 Å². The van der Waals surface area contributed by atoms with Crippen LogP contribution in [0.2, 0.25) is 0 Å². The average molecular weight is 658 g/mol. The third-order valence-corrected chi connectivity index (χ3v) is 8.41. The van der Waals surface area contributed by atoms with Crippen LogP contribution in [0.4, 0.5) is 10.5 Å². The van der Waals surface area contributed by atoms with Gasteiger partial charge in [-0.1, -0.05) is 74.5 Å². The summed E-state index contributed by atoms with van der Waals surface area (Å²) in [4.78, 5) is 32.3. The minimum atomic E-state index is -1.06. The van der Waals surface area contributed by atoms with E-state index < -0.39 is 6.09 Å². The van der Waals surface area contributed by atoms with E-state index >= 15 is 0 Å². The summed E-state index contributed by atoms with van der Waals surface area (Å²) in [5.41, 5.74) is 9.57. The Bertz CT molecular complexity index is 2090. The lowest BCUT2D eigenvalue weighted by molar-refractivity contribution is 0.0937. The maximum Gasteiger partial charge on any atom is 0.409 e. The Morgan fingerprint density at radius 1 is 0.878 bits per heavy atom. The normalized spacial score (nSPS) is 11.5. The Morgan fingerprint density at radius 3 is 2.18 bits per heavy atom. The van der Waals surface area contributed by atoms with Gasteiger partial charge in [-0.15, -0.1) is 0 Å². The molecule has 2 amide bonds. The molecule has 3 aromatic carbocycles. The Kier molecular flexibility index (Phi) is 9.52. The summed E-state index contributed by atoms with van der Waals surface area (Å²) in [7, 11) is 0. The lowest BCUT2D eigenvalue weighted by Gasteiger charge is -2.10. The molecule has 0 radical (unpaired) electrons. The van der Waals surface area contributed by atoms with E-state index in [0.29, 0.717) is 18.1 Å². The summed E-state index contributed by atoms with van der Waals surface area (Å²) in [5.74, 6) is 0.0580. The number of nitrogens with zero attached hydrogens (tertiary/aromatic N) is 5. The molecule has 250 valence electrons. The van der Waals surface area contributed by atoms with Crippen molar-refractivity contribution in [2.45, 2.75) is 65.3 Å². The quantitative estimate of drug-likeness (QED) is 0.120. The van der Waals surface area contributed by atoms with Gasteiger partial charge >= 0.3 is 6.09 Å². The first-order valence-corrected chi connectivity index (χ1v) is 16.3. The molecule has 0 fully saturated rings. The highest BCUT2D eigenvalue weighted by Gasteiger charge is 2.24. The first-order chi connectivity index (χ1) is 23.5. The molecule has 6 aromatic rings. The molecule has 11 nitrogen and oxygen atoms in total. The highest BCUT2D eigenvalue weighted by Crippen LogP contribution is 2.29. The molecule has 0 spiro atoms. The fourth-order valence-corrected chi connectivity index (χ4v) is 5.63. The number of aryl methyl sites for hydroxylation is 3. The molecule has 0 saturated carbocycles. The second-order valence-electron chi connectivity index (χ2n) is 13.2. The third-order valence-electron chi connectivity index (χ3n) is 8.41. The number of fused-ring (bicyclic) bond motifs is 1. The SMILES string of the molecule is Cc1cc(-c2ncnn3cc(-c4ccc(CCCCc5ccc(NC(=O)O)cc5)cc4)cc23)ccc1CNC(=O)c1noc(C(C)(C)C)n1. The molecular weight excluding hydrogens is 618 g/mol. The van der Waals surface area contributed by atoms with Crippen molar-refractivity contribution in [1.29, 1.82) is 0 Å². The summed E-state index contributed by atoms with van der Waals surface area (Å²) < 4.78 is 7.11. The Balaban J connectivity index is 1.07. The largest absolute Gasteiger partial charge is 0.465 e. The average Bonchev–Trinajstić information content (AvgIpc) is 3.76. The van der Waals surface area contributed by atoms with Crippen molar-refractivity contribution in [2.75, 3.05) is 5.32 Å². The minimum Gasteiger partial charge on any atom is -0.465 e. The van der Waals surface area contributed by atoms with E-state index in [-0.39, 0.29) is 17.1 Å². The highest BCUT2D eigenvalue weighted by atomic mass is 16.5. The van der Waals surface area contributed by atoms with Gasteiger partial charge in [0.25, 0.3) is 11.7 Å². The highest BCUT2D eigenvalue weighted by molar-refractivity contribution is 5.90. The molecule has 0 aliphatic heterocycles. The molecule has 3 aromatic heterocycles. The van der Waals surface area contributed by atoms with Gasteiger partial charge in [-0.05, 0) is 84.7 Å². The lowest BCUT2D eigenvalue weighted by atomic mass is 9.97. The monoisotopic (exact) mass is 657 g/mol. The molecule has 0 aliphatic rings. The standard InChI is InChI=1S/C38H39N7O4/c1-24-19-28(15-16-29(24)21-39-35(46)34-43-36(49-44-34)38(2,3)4)33-32-20-30(22-45(32)41-23-40-33)27-13-9-25(10-14-27)7-5-6-8-26-11-17-31(18-12-26)42-37(47)48/h9-20,22-23,42H,5-8,21H2,1-4H3,(H,39,46)(H,47,48). The maximum atomic E-state index is 12.7. The van der Waals surface area contributed by atoms with Crippen LogP contribution in [0.5, 0.6) is 0 Å². The topological polar surface area (TPSA) is 148 Å². The molecule has 0 saturated heterocycles. The van der Waals surface area contributed by atoms with Crippen molar-refractivity contribution in [3.8, 4) is 22.4 Å². The first kappa shape index (κ1) is 33.1. The number of hydrogen-bond donors (Lipinski definition) is 3. The number of aromatic nitrogens is 5. The molecule has 0 bridgehead atoms. The van der Waals surface area contributed by atoms with E-state index in [1.54, 1.807) is 18.5 Å². The van der Waals surface area contributed by atoms with Gasteiger partial charge in [0.15, 0.2) is 0 Å². The van der Waals surface area contributed by atoms with Gasteiger partial charge in [-0.2, -0.15) is 10.1 Å². The van der Waals surface area contributed by atoms with Gasteiger partial charge in [-0.3, -0.25) is 10.1 Å². The lowest BCUT2D eigenvalue weighted by Crippen LogP contribution is -2.24. The molecule has 49 heavy (non-hydrogen) atoms. The summed E-state index contributed by atoms with van der Waals surface area (Å²) in [5, 5.41) is 22.4. The summed E-state index contributed by atoms with van der Waals surface area (Å²) in [6.07, 6.45) is 6.58. The second kappa shape index (κ2) is 14.1. The van der Waals surface area contributed by atoms with E-state index in [4.69, 9.17) is 9.63 Å². The number of hydrogen-bond acceptors (Lipinski definition) is 7. The fraction of sp³-hybridized carbons (Fsp3) is 0.263. The predicted octanol–water partition coefficient (Wildman–Crippen LogP) is 7.64. The fourth-order valence-electron chi connectivity index (χ4n) is 5.63. The number of amides is 2. The van der Waals surface area contributed by atoms with Crippen LogP contribution in [0.1, 0.15) is 72.4 Å². The summed E-state index contributed by atoms with van der Waals surface area (Å²) >= 11 is 0. The molecule has 0 atom stereocenters. The number of carbonyl (C=O) groups excluding carboxylic acids is 1. The van der Waals surface area contributed by atoms with Gasteiger partial charge < -0.3 is 14.9 Å². The van der Waals surface area contributed by atoms with Crippen LogP contribution in [0.15, 0.2) is 89.8 Å². The van der Waals surface area contributed by atoms with Crippen LogP contribution in [0.3, 0.4) is 0 Å². The second-order valence-corrected chi connectivity index (χ2v) is 13.2. The van der Waals surface area contributed by atoms with Crippen molar-refractivity contribution in [2.24, 2.45) is 0 Å². The zero-order chi connectivity index (χ0) is 34.5. The maximum absolute atomic E-state index is 12.7. The van der Waals surface area contributed by atoms with Crippen LogP contribution < -0.4 is 10.6 Å². The Hall–Kier alpha value is -5.84. The van der Waals surface area contributed by atoms with Crippen LogP contribution in [-0.2, 0) is 24.8 Å². The number of rotatable bonds is 11. The first-order valence-electron chi connectivity index (χ1n) is 16.3. The van der Waals surface area contributed by atoms with Gasteiger partial charge in [-0.25, -0.2) is 14.3 Å². The van der Waals surface area contributed by atoms with E-state index in [9.17, 15) is 9.59 Å². The number of unbranched alkanes of at least 4 members (excludes halogenated alkanes) is 1. The predicted molar refractivity (Wildman–Crippen MR) is 187 cm³/mol. The molecule has 0 unspecified atom stereocenters. The van der Waals surface area contributed by atoms with E-state index in [2.05, 4.69) is 67.3 Å². The van der Waals surface area contributed by atoms with E-state index in [1.165, 1.54) is 11.1 Å². The number of nitrogens with one attached hydrogen (secondary N) is 2. The van der Waals surface area contributed by atoms with Crippen molar-refractivity contribution < 1.29 is 19.2 Å². The zero-order valence-electron chi connectivity index (χ0n) is 28.0. The minimum absolute atomic E-state index is 0.0231. The zero-order valence-corrected chi connectivity index (χ0v) is 28.0. The summed E-state index contributed by atoms with van der Waals surface area (Å²) in [6, 6.07) is 24.4. The van der Waals surface area contributed by atoms with Crippen molar-refractivity contribution in [1.82, 2.24) is 30.1 Å². The molecular formula is C38H39N7O4. The number of benzene rings is 3. The molecule has 6 rings (SSSR count). The van der Waals surface area contributed by atoms with Crippen molar-refractivity contribution >= 4 is 23.2 Å². The molecule has 11 heteroatoms. The Labute approximate surface area is 284 Å². The van der Waals surface area contributed by atoms with Crippen molar-refractivity contribution in [3.05, 3.63) is 119 Å². The molecule has 3 heterocycles. The Morgan fingerprint density at radius 2 is 1.55 bits per heavy atom. The number of carboxylic acid groups (broad SMARTS) is 1. The van der Waals surface area contributed by atoms with Crippen molar-refractivity contribution in [3.63, 3.8) is 0 Å². The number of carbonyl (C=O) groups is 2. The third kappa shape index (κ3) is 8.01. The van der Waals surface area contributed by atoms with Gasteiger partial charge in [0.05, 0.1) is 11.2 Å². The number of anilines is 1. The van der Waals surface area contributed by atoms with E-state index in [0.717, 1.165) is 64.7 Å². The van der Waals surface area contributed by atoms with Gasteiger partial charge in [0, 0.05) is 35.0 Å². The van der Waals surface area contributed by atoms with Gasteiger partial charge in [0.1, 0.15) is 6.33 Å². The summed E-state index contributed by atoms with van der Waals surface area (Å²) in [6.45, 7) is 8.19. The van der Waals surface area contributed by atoms with Crippen LogP contribution in [0.25, 0.3) is 27.9 Å². The smallest absolute Gasteiger partial charge is 0.409 e. The molecule has 3 N–H and O–H groups in total. The van der Waals surface area contributed by atoms with E-state index in [1.807, 2.05) is 62.7 Å². The van der Waals surface area contributed by atoms with Gasteiger partial charge in [0.2, 0.25) is 5.89 Å². The van der Waals surface area contributed by atoms with Crippen LogP contribution in [0, 0.1) is 6.92 Å². The molecule has 0 aliphatic carbocycles. The van der Waals surface area contributed by atoms with Crippen LogP contribution in [-0.4, -0.2) is 41.8 Å².